The van der Waals surface area contributed by atoms with E-state index in [-0.39, 0.29) is 12.6 Å². The molecule has 4 N–H and O–H groups in total. The van der Waals surface area contributed by atoms with Crippen molar-refractivity contribution in [3.05, 3.63) is 102 Å². The topological polar surface area (TPSA) is 120 Å². The Morgan fingerprint density at radius 1 is 1.05 bits per heavy atom. The van der Waals surface area contributed by atoms with Crippen molar-refractivity contribution in [2.45, 2.75) is 24.5 Å². The minimum Gasteiger partial charge on any atom is -0.489 e. The third-order valence-corrected chi connectivity index (χ3v) is 5.99. The van der Waals surface area contributed by atoms with Crippen LogP contribution in [0.25, 0.3) is 0 Å². The van der Waals surface area contributed by atoms with E-state index in [1.165, 1.54) is 0 Å². The maximum atomic E-state index is 11.3. The van der Waals surface area contributed by atoms with Crippen molar-refractivity contribution >= 4 is 28.0 Å². The van der Waals surface area contributed by atoms with Gasteiger partial charge < -0.3 is 20.5 Å². The fourth-order valence-electron chi connectivity index (χ4n) is 3.28. The van der Waals surface area contributed by atoms with Crippen molar-refractivity contribution in [1.82, 2.24) is 9.97 Å². The Labute approximate surface area is 217 Å². The number of hydrogen-bond donors (Lipinski definition) is 5. The number of nitrogens with one attached hydrogen (secondary N) is 3. The van der Waals surface area contributed by atoms with Crippen LogP contribution in [0.2, 0.25) is 0 Å². The highest BCUT2D eigenvalue weighted by Gasteiger charge is 2.09. The van der Waals surface area contributed by atoms with Gasteiger partial charge in [0.05, 0.1) is 29.0 Å². The van der Waals surface area contributed by atoms with Gasteiger partial charge in [0.2, 0.25) is 5.95 Å². The molecule has 0 bridgehead atoms. The molecule has 2 atom stereocenters. The zero-order valence-electron chi connectivity index (χ0n) is 20.2. The first kappa shape index (κ1) is 25.7. The highest BCUT2D eigenvalue weighted by molar-refractivity contribution is 7.73. The quantitative estimate of drug-likeness (QED) is 0.164. The van der Waals surface area contributed by atoms with Gasteiger partial charge in [-0.25, -0.2) is 9.19 Å². The molecule has 3 aromatic carbocycles. The van der Waals surface area contributed by atoms with Gasteiger partial charge in [-0.2, -0.15) is 4.98 Å². The third-order valence-electron chi connectivity index (χ3n) is 5.23. The van der Waals surface area contributed by atoms with E-state index in [4.69, 9.17) is 9.52 Å². The molecule has 0 amide bonds. The second kappa shape index (κ2) is 12.5. The molecule has 9 heteroatoms. The van der Waals surface area contributed by atoms with Crippen molar-refractivity contribution in [3.8, 4) is 17.6 Å². The molecule has 1 heterocycles. The van der Waals surface area contributed by atoms with E-state index in [1.54, 1.807) is 30.5 Å². The maximum absolute atomic E-state index is 11.3. The van der Waals surface area contributed by atoms with Crippen LogP contribution >= 0.6 is 0 Å². The van der Waals surface area contributed by atoms with Crippen LogP contribution in [0.3, 0.4) is 0 Å². The summed E-state index contributed by atoms with van der Waals surface area (Å²) in [5, 5.41) is 15.8. The molecule has 1 aromatic heterocycles. The zero-order valence-corrected chi connectivity index (χ0v) is 21.1. The van der Waals surface area contributed by atoms with Gasteiger partial charge in [0.25, 0.3) is 0 Å². The summed E-state index contributed by atoms with van der Waals surface area (Å²) < 4.78 is 24.6. The van der Waals surface area contributed by atoms with Crippen molar-refractivity contribution < 1.29 is 14.1 Å². The number of benzene rings is 3. The smallest absolute Gasteiger partial charge is 0.229 e. The lowest BCUT2D eigenvalue weighted by molar-refractivity contribution is 0.281. The van der Waals surface area contributed by atoms with Crippen LogP contribution in [0.5, 0.6) is 5.75 Å². The second-order valence-electron chi connectivity index (χ2n) is 8.20. The van der Waals surface area contributed by atoms with E-state index < -0.39 is 10.6 Å². The van der Waals surface area contributed by atoms with Crippen LogP contribution in [0, 0.1) is 16.6 Å². The highest BCUT2D eigenvalue weighted by atomic mass is 32.2. The average molecular weight is 514 g/mol. The lowest BCUT2D eigenvalue weighted by Gasteiger charge is -2.14. The first-order chi connectivity index (χ1) is 18.0. The molecule has 0 aliphatic carbocycles. The molecule has 0 saturated heterocycles. The predicted molar refractivity (Wildman–Crippen MR) is 146 cm³/mol. The van der Waals surface area contributed by atoms with E-state index in [0.29, 0.717) is 34.5 Å². The fraction of sp³-hybridized carbons (Fsp3) is 0.143. The van der Waals surface area contributed by atoms with Gasteiger partial charge in [-0.1, -0.05) is 48.2 Å². The van der Waals surface area contributed by atoms with Crippen molar-refractivity contribution in [2.75, 3.05) is 17.2 Å². The minimum absolute atomic E-state index is 0.0762. The SMILES string of the molecule is C[C@H](CO)Nc1nc(Nc2ccc([SH](=N)=O)cc2)ncc1C#Cc1cccc(OCc2ccccc2)c1. The minimum atomic E-state index is -2.14. The summed E-state index contributed by atoms with van der Waals surface area (Å²) in [5.41, 5.74) is 3.12. The van der Waals surface area contributed by atoms with Gasteiger partial charge in [-0.3, -0.25) is 4.78 Å². The van der Waals surface area contributed by atoms with E-state index in [2.05, 4.69) is 32.4 Å². The van der Waals surface area contributed by atoms with E-state index in [9.17, 15) is 9.32 Å². The molecule has 4 rings (SSSR count). The van der Waals surface area contributed by atoms with Crippen LogP contribution in [-0.4, -0.2) is 31.9 Å². The standard InChI is InChI=1S/C28H27N5O3S/c1-20(18-34)31-27-23(17-30-28(33-27)32-24-12-14-26(15-13-24)37(29)35)11-10-21-8-5-9-25(16-21)36-19-22-6-3-2-4-7-22/h2-9,12-17,20,29,34,37H,18-19H2,1H3,(H2,30,31,32,33)/t20-/m1/s1. The van der Waals surface area contributed by atoms with E-state index >= 15 is 0 Å². The number of rotatable bonds is 9. The number of ether oxygens (including phenoxy) is 1. The van der Waals surface area contributed by atoms with Gasteiger partial charge in [0.1, 0.15) is 18.2 Å². The van der Waals surface area contributed by atoms with Gasteiger partial charge >= 0.3 is 0 Å². The Kier molecular flexibility index (Phi) is 8.70. The average Bonchev–Trinajstić information content (AvgIpc) is 2.92. The summed E-state index contributed by atoms with van der Waals surface area (Å²) in [6.07, 6.45) is 1.61. The van der Waals surface area contributed by atoms with Crippen LogP contribution in [0.15, 0.2) is 90.0 Å². The Bertz CT molecular complexity index is 1470. The van der Waals surface area contributed by atoms with Crippen LogP contribution < -0.4 is 15.4 Å². The van der Waals surface area contributed by atoms with Gasteiger partial charge in [0, 0.05) is 22.2 Å². The summed E-state index contributed by atoms with van der Waals surface area (Å²) in [6, 6.07) is 23.9. The van der Waals surface area contributed by atoms with Crippen molar-refractivity contribution in [2.24, 2.45) is 0 Å². The monoisotopic (exact) mass is 513 g/mol. The van der Waals surface area contributed by atoms with Crippen LogP contribution in [-0.2, 0) is 17.2 Å². The molecule has 0 fully saturated rings. The molecule has 0 saturated carbocycles. The van der Waals surface area contributed by atoms with Crippen molar-refractivity contribution in [1.29, 1.82) is 4.78 Å². The maximum Gasteiger partial charge on any atom is 0.229 e. The first-order valence-electron chi connectivity index (χ1n) is 11.6. The molecular formula is C28H27N5O3S. The molecular weight excluding hydrogens is 486 g/mol. The Morgan fingerprint density at radius 2 is 1.84 bits per heavy atom. The van der Waals surface area contributed by atoms with Crippen molar-refractivity contribution in [3.63, 3.8) is 0 Å². The molecule has 8 nitrogen and oxygen atoms in total. The summed E-state index contributed by atoms with van der Waals surface area (Å²) in [7, 11) is -2.14. The highest BCUT2D eigenvalue weighted by Crippen LogP contribution is 2.20. The number of aliphatic hydroxyl groups excluding tert-OH is 1. The normalized spacial score (nSPS) is 12.1. The molecule has 0 spiro atoms. The lowest BCUT2D eigenvalue weighted by Crippen LogP contribution is -2.21. The largest absolute Gasteiger partial charge is 0.489 e. The molecule has 0 radical (unpaired) electrons. The second-order valence-corrected chi connectivity index (χ2v) is 9.31. The first-order valence-corrected chi connectivity index (χ1v) is 12.8. The number of anilines is 3. The summed E-state index contributed by atoms with van der Waals surface area (Å²) in [4.78, 5) is 9.36. The Hall–Kier alpha value is -4.39. The predicted octanol–water partition coefficient (Wildman–Crippen LogP) is 4.59. The summed E-state index contributed by atoms with van der Waals surface area (Å²) in [5.74, 6) is 7.79. The number of aromatic nitrogens is 2. The fourth-order valence-corrected chi connectivity index (χ4v) is 3.70. The molecule has 37 heavy (non-hydrogen) atoms. The Balaban J connectivity index is 1.53. The van der Waals surface area contributed by atoms with Gasteiger partial charge in [-0.15, -0.1) is 0 Å². The number of thiol groups is 1. The van der Waals surface area contributed by atoms with Crippen LogP contribution in [0.4, 0.5) is 17.5 Å². The lowest BCUT2D eigenvalue weighted by atomic mass is 10.2. The molecule has 4 aromatic rings. The van der Waals surface area contributed by atoms with E-state index in [1.807, 2.05) is 61.5 Å². The third kappa shape index (κ3) is 7.54. The molecule has 188 valence electrons. The zero-order chi connectivity index (χ0) is 26.0. The number of nitrogens with zero attached hydrogens (tertiary/aromatic N) is 2. The summed E-state index contributed by atoms with van der Waals surface area (Å²) in [6.45, 7) is 2.23. The molecule has 0 aliphatic heterocycles. The number of hydrogen-bond acceptors (Lipinski definition) is 8. The Morgan fingerprint density at radius 3 is 2.57 bits per heavy atom. The van der Waals surface area contributed by atoms with Gasteiger partial charge in [0.15, 0.2) is 0 Å². The van der Waals surface area contributed by atoms with Crippen LogP contribution in [0.1, 0.15) is 23.6 Å². The molecule has 0 aliphatic rings. The number of aliphatic hydroxyl groups is 1. The van der Waals surface area contributed by atoms with Gasteiger partial charge in [-0.05, 0) is 55.0 Å². The molecule has 1 unspecified atom stereocenters. The van der Waals surface area contributed by atoms with E-state index in [0.717, 1.165) is 16.9 Å². The summed E-state index contributed by atoms with van der Waals surface area (Å²) >= 11 is 0.